The van der Waals surface area contributed by atoms with Crippen LogP contribution in [0.2, 0.25) is 0 Å². The Balaban J connectivity index is 2.03. The van der Waals surface area contributed by atoms with Crippen LogP contribution >= 0.6 is 11.3 Å². The van der Waals surface area contributed by atoms with Gasteiger partial charge in [0.2, 0.25) is 0 Å². The first-order valence-corrected chi connectivity index (χ1v) is 6.76. The molecular formula is C15H11NO2S. The van der Waals surface area contributed by atoms with Crippen LogP contribution in [0, 0.1) is 0 Å². The molecule has 0 aliphatic carbocycles. The fraction of sp³-hybridized carbons (Fsp3) is 0.0667. The van der Waals surface area contributed by atoms with Gasteiger partial charge in [0.15, 0.2) is 0 Å². The second kappa shape index (κ2) is 4.82. The summed E-state index contributed by atoms with van der Waals surface area (Å²) < 4.78 is 0. The number of carboxylic acids is 1. The second-order valence-corrected chi connectivity index (χ2v) is 5.22. The molecule has 0 saturated carbocycles. The summed E-state index contributed by atoms with van der Waals surface area (Å²) in [6.45, 7) is 0. The van der Waals surface area contributed by atoms with Crippen LogP contribution < -0.4 is 0 Å². The fourth-order valence-electron chi connectivity index (χ4n) is 2.02. The number of carbonyl (C=O) groups is 1. The van der Waals surface area contributed by atoms with Gasteiger partial charge in [-0.25, -0.2) is 4.98 Å². The van der Waals surface area contributed by atoms with Crippen molar-refractivity contribution in [3.05, 3.63) is 53.4 Å². The highest BCUT2D eigenvalue weighted by Gasteiger charge is 2.05. The van der Waals surface area contributed by atoms with Crippen LogP contribution in [0.3, 0.4) is 0 Å². The molecule has 0 fully saturated rings. The third-order valence-electron chi connectivity index (χ3n) is 2.88. The van der Waals surface area contributed by atoms with Gasteiger partial charge in [0.25, 0.3) is 0 Å². The Hall–Kier alpha value is -2.20. The molecule has 3 rings (SSSR count). The van der Waals surface area contributed by atoms with Gasteiger partial charge in [-0.1, -0.05) is 18.2 Å². The Morgan fingerprint density at radius 2 is 2.11 bits per heavy atom. The Morgan fingerprint density at radius 3 is 2.84 bits per heavy atom. The average molecular weight is 269 g/mol. The van der Waals surface area contributed by atoms with Crippen molar-refractivity contribution in [1.82, 2.24) is 4.98 Å². The lowest BCUT2D eigenvalue weighted by Gasteiger charge is -2.03. The van der Waals surface area contributed by atoms with Crippen molar-refractivity contribution < 1.29 is 9.90 Å². The van der Waals surface area contributed by atoms with Crippen molar-refractivity contribution in [3.8, 4) is 10.6 Å². The number of hydrogen-bond donors (Lipinski definition) is 1. The van der Waals surface area contributed by atoms with Gasteiger partial charge in [-0.05, 0) is 35.2 Å². The molecule has 1 aromatic carbocycles. The lowest BCUT2D eigenvalue weighted by atomic mass is 10.1. The monoisotopic (exact) mass is 269 g/mol. The molecule has 0 bridgehead atoms. The van der Waals surface area contributed by atoms with Crippen molar-refractivity contribution in [2.75, 3.05) is 0 Å². The molecule has 1 N–H and O–H groups in total. The average Bonchev–Trinajstić information content (AvgIpc) is 2.91. The number of aliphatic carboxylic acids is 1. The van der Waals surface area contributed by atoms with E-state index in [1.54, 1.807) is 11.3 Å². The largest absolute Gasteiger partial charge is 0.481 e. The lowest BCUT2D eigenvalue weighted by Crippen LogP contribution is -1.99. The Bertz CT molecular complexity index is 735. The molecule has 94 valence electrons. The molecule has 3 aromatic rings. The van der Waals surface area contributed by atoms with Crippen LogP contribution in [0.1, 0.15) is 5.56 Å². The minimum atomic E-state index is -0.817. The summed E-state index contributed by atoms with van der Waals surface area (Å²) >= 11 is 1.66. The van der Waals surface area contributed by atoms with Gasteiger partial charge in [0, 0.05) is 5.39 Å². The topological polar surface area (TPSA) is 50.2 Å². The highest BCUT2D eigenvalue weighted by molar-refractivity contribution is 7.13. The molecule has 0 radical (unpaired) electrons. The molecule has 0 unspecified atom stereocenters. The van der Waals surface area contributed by atoms with Gasteiger partial charge < -0.3 is 5.11 Å². The molecule has 0 aliphatic rings. The van der Waals surface area contributed by atoms with Crippen LogP contribution in [0.15, 0.2) is 47.8 Å². The number of thiophene rings is 1. The van der Waals surface area contributed by atoms with E-state index in [1.807, 2.05) is 47.8 Å². The Morgan fingerprint density at radius 1 is 1.21 bits per heavy atom. The summed E-state index contributed by atoms with van der Waals surface area (Å²) in [6, 6.07) is 13.6. The van der Waals surface area contributed by atoms with Gasteiger partial charge >= 0.3 is 5.97 Å². The van der Waals surface area contributed by atoms with E-state index in [1.165, 1.54) is 0 Å². The van der Waals surface area contributed by atoms with Gasteiger partial charge in [-0.3, -0.25) is 4.79 Å². The second-order valence-electron chi connectivity index (χ2n) is 4.27. The molecule has 0 amide bonds. The zero-order valence-electron chi connectivity index (χ0n) is 10.0. The van der Waals surface area contributed by atoms with Crippen LogP contribution in [0.25, 0.3) is 21.5 Å². The maximum absolute atomic E-state index is 10.7. The molecule has 2 aromatic heterocycles. The standard InChI is InChI=1S/C15H11NO2S/c17-15(18)9-10-3-5-12-11(8-10)4-6-13(16-12)14-2-1-7-19-14/h1-8H,9H2,(H,17,18). The van der Waals surface area contributed by atoms with Gasteiger partial charge in [-0.2, -0.15) is 0 Å². The first-order valence-electron chi connectivity index (χ1n) is 5.88. The third-order valence-corrected chi connectivity index (χ3v) is 3.77. The number of aromatic nitrogens is 1. The van der Waals surface area contributed by atoms with Gasteiger partial charge in [0.05, 0.1) is 22.5 Å². The highest BCUT2D eigenvalue weighted by atomic mass is 32.1. The first-order chi connectivity index (χ1) is 9.22. The number of benzene rings is 1. The van der Waals surface area contributed by atoms with Crippen LogP contribution in [-0.4, -0.2) is 16.1 Å². The Kier molecular flexibility index (Phi) is 3.01. The minimum Gasteiger partial charge on any atom is -0.481 e. The van der Waals surface area contributed by atoms with Crippen molar-refractivity contribution in [1.29, 1.82) is 0 Å². The molecular weight excluding hydrogens is 258 g/mol. The van der Waals surface area contributed by atoms with E-state index in [-0.39, 0.29) is 6.42 Å². The van der Waals surface area contributed by atoms with E-state index in [2.05, 4.69) is 4.98 Å². The summed E-state index contributed by atoms with van der Waals surface area (Å²) in [7, 11) is 0. The predicted octanol–water partition coefficient (Wildman–Crippen LogP) is 3.59. The summed E-state index contributed by atoms with van der Waals surface area (Å²) in [4.78, 5) is 16.4. The molecule has 0 spiro atoms. The van der Waals surface area contributed by atoms with E-state index < -0.39 is 5.97 Å². The molecule has 2 heterocycles. The summed E-state index contributed by atoms with van der Waals surface area (Å²) in [5.74, 6) is -0.817. The quantitative estimate of drug-likeness (QED) is 0.790. The van der Waals surface area contributed by atoms with Crippen LogP contribution in [0.5, 0.6) is 0 Å². The van der Waals surface area contributed by atoms with Crippen molar-refractivity contribution >= 4 is 28.2 Å². The zero-order valence-corrected chi connectivity index (χ0v) is 10.9. The number of nitrogens with zero attached hydrogens (tertiary/aromatic N) is 1. The van der Waals surface area contributed by atoms with Crippen molar-refractivity contribution in [2.24, 2.45) is 0 Å². The molecule has 4 heteroatoms. The van der Waals surface area contributed by atoms with E-state index in [9.17, 15) is 4.79 Å². The predicted molar refractivity (Wildman–Crippen MR) is 76.4 cm³/mol. The maximum Gasteiger partial charge on any atom is 0.307 e. The number of carboxylic acid groups (broad SMARTS) is 1. The van der Waals surface area contributed by atoms with Crippen molar-refractivity contribution in [3.63, 3.8) is 0 Å². The van der Waals surface area contributed by atoms with Gasteiger partial charge in [0.1, 0.15) is 0 Å². The normalized spacial score (nSPS) is 10.7. The minimum absolute atomic E-state index is 0.0443. The molecule has 19 heavy (non-hydrogen) atoms. The van der Waals surface area contributed by atoms with E-state index >= 15 is 0 Å². The SMILES string of the molecule is O=C(O)Cc1ccc2nc(-c3cccs3)ccc2c1. The smallest absolute Gasteiger partial charge is 0.307 e. The van der Waals surface area contributed by atoms with E-state index in [4.69, 9.17) is 5.11 Å². The number of pyridine rings is 1. The summed E-state index contributed by atoms with van der Waals surface area (Å²) in [6.07, 6.45) is 0.0443. The Labute approximate surface area is 114 Å². The van der Waals surface area contributed by atoms with Crippen LogP contribution in [-0.2, 0) is 11.2 Å². The number of hydrogen-bond acceptors (Lipinski definition) is 3. The van der Waals surface area contributed by atoms with Gasteiger partial charge in [-0.15, -0.1) is 11.3 Å². The number of fused-ring (bicyclic) bond motifs is 1. The summed E-state index contributed by atoms with van der Waals surface area (Å²) in [5.41, 5.74) is 2.64. The van der Waals surface area contributed by atoms with E-state index in [0.29, 0.717) is 0 Å². The first kappa shape index (κ1) is 11.9. The lowest BCUT2D eigenvalue weighted by molar-refractivity contribution is -0.136. The molecule has 3 nitrogen and oxygen atoms in total. The fourth-order valence-corrected chi connectivity index (χ4v) is 2.72. The molecule has 0 atom stereocenters. The summed E-state index contributed by atoms with van der Waals surface area (Å²) in [5, 5.41) is 11.8. The molecule has 0 aliphatic heterocycles. The van der Waals surface area contributed by atoms with E-state index in [0.717, 1.165) is 27.0 Å². The maximum atomic E-state index is 10.7. The van der Waals surface area contributed by atoms with Crippen molar-refractivity contribution in [2.45, 2.75) is 6.42 Å². The highest BCUT2D eigenvalue weighted by Crippen LogP contribution is 2.25. The molecule has 0 saturated heterocycles. The zero-order chi connectivity index (χ0) is 13.2. The number of rotatable bonds is 3. The third kappa shape index (κ3) is 2.48. The van der Waals surface area contributed by atoms with Crippen LogP contribution in [0.4, 0.5) is 0 Å².